The van der Waals surface area contributed by atoms with E-state index in [1.807, 2.05) is 43.3 Å². The molecule has 1 aliphatic rings. The first-order valence-electron chi connectivity index (χ1n) is 11.3. The molecule has 9 heteroatoms. The first-order chi connectivity index (χ1) is 16.7. The fourth-order valence-electron chi connectivity index (χ4n) is 3.87. The summed E-state index contributed by atoms with van der Waals surface area (Å²) in [6, 6.07) is 11.4. The first-order valence-corrected chi connectivity index (χ1v) is 11.3. The molecule has 3 aromatic heterocycles. The van der Waals surface area contributed by atoms with Crippen molar-refractivity contribution >= 4 is 22.3 Å². The number of hydrogen-bond donors (Lipinski definition) is 2. The summed E-state index contributed by atoms with van der Waals surface area (Å²) in [4.78, 5) is 30.9. The van der Waals surface area contributed by atoms with Crippen molar-refractivity contribution in [2.45, 2.75) is 6.92 Å². The highest BCUT2D eigenvalue weighted by atomic mass is 16.5. The number of aromatic nitrogens is 4. The van der Waals surface area contributed by atoms with Crippen LogP contribution in [0.4, 0.5) is 11.5 Å². The Balaban J connectivity index is 1.35. The number of aromatic amines is 1. The van der Waals surface area contributed by atoms with Crippen molar-refractivity contribution in [2.75, 3.05) is 44.8 Å². The van der Waals surface area contributed by atoms with Crippen molar-refractivity contribution in [3.05, 3.63) is 71.2 Å². The van der Waals surface area contributed by atoms with Gasteiger partial charge in [-0.3, -0.25) is 9.69 Å². The lowest BCUT2D eigenvalue weighted by Gasteiger charge is -2.26. The Morgan fingerprint density at radius 2 is 1.88 bits per heavy atom. The van der Waals surface area contributed by atoms with Crippen molar-refractivity contribution in [3.8, 4) is 17.0 Å². The Bertz CT molecular complexity index is 1320. The summed E-state index contributed by atoms with van der Waals surface area (Å²) in [7, 11) is 0. The largest absolute Gasteiger partial charge is 0.492 e. The molecule has 0 bridgehead atoms. The van der Waals surface area contributed by atoms with Gasteiger partial charge < -0.3 is 19.8 Å². The van der Waals surface area contributed by atoms with Crippen LogP contribution in [0.3, 0.4) is 0 Å². The Morgan fingerprint density at radius 1 is 1.12 bits per heavy atom. The molecular formula is C25H26N6O3. The number of anilines is 2. The van der Waals surface area contributed by atoms with Crippen LogP contribution in [0.1, 0.15) is 5.82 Å². The molecule has 1 aromatic carbocycles. The number of morpholine rings is 1. The molecule has 4 heterocycles. The Labute approximate surface area is 196 Å². The number of aryl methyl sites for hydroxylation is 1. The number of hydrogen-bond acceptors (Lipinski definition) is 8. The molecular weight excluding hydrogens is 432 g/mol. The standard InChI is InChI=1S/C25H26N6O3/c1-17-27-15-19(16-28-17)22-14-18-6-7-26-25(32)23(18)24(30-22)29-20-2-4-21(5-3-20)34-13-10-31-8-11-33-12-9-31/h2-7,14-16H,8-13H2,1H3,(H,26,32)(H,29,30). The fourth-order valence-corrected chi connectivity index (χ4v) is 3.87. The number of H-pyrrole nitrogens is 1. The molecule has 0 amide bonds. The van der Waals surface area contributed by atoms with Gasteiger partial charge >= 0.3 is 0 Å². The zero-order valence-corrected chi connectivity index (χ0v) is 19.0. The number of ether oxygens (including phenoxy) is 2. The van der Waals surface area contributed by atoms with Crippen molar-refractivity contribution in [2.24, 2.45) is 0 Å². The van der Waals surface area contributed by atoms with Gasteiger partial charge in [-0.2, -0.15) is 0 Å². The van der Waals surface area contributed by atoms with Crippen LogP contribution in [0.5, 0.6) is 5.75 Å². The van der Waals surface area contributed by atoms with E-state index in [2.05, 4.69) is 25.2 Å². The smallest absolute Gasteiger partial charge is 0.259 e. The second kappa shape index (κ2) is 9.98. The van der Waals surface area contributed by atoms with Crippen molar-refractivity contribution in [1.29, 1.82) is 0 Å². The highest BCUT2D eigenvalue weighted by Gasteiger charge is 2.13. The van der Waals surface area contributed by atoms with E-state index >= 15 is 0 Å². The molecule has 1 saturated heterocycles. The van der Waals surface area contributed by atoms with Gasteiger partial charge in [0.05, 0.1) is 24.3 Å². The molecule has 34 heavy (non-hydrogen) atoms. The fraction of sp³-hybridized carbons (Fsp3) is 0.280. The van der Waals surface area contributed by atoms with Gasteiger partial charge in [-0.25, -0.2) is 15.0 Å². The van der Waals surface area contributed by atoms with Crippen LogP contribution >= 0.6 is 0 Å². The monoisotopic (exact) mass is 458 g/mol. The third-order valence-corrected chi connectivity index (χ3v) is 5.73. The van der Waals surface area contributed by atoms with Crippen LogP contribution in [0.2, 0.25) is 0 Å². The van der Waals surface area contributed by atoms with E-state index < -0.39 is 0 Å². The molecule has 2 N–H and O–H groups in total. The topological polar surface area (TPSA) is 105 Å². The van der Waals surface area contributed by atoms with Gasteiger partial charge in [0.15, 0.2) is 0 Å². The second-order valence-electron chi connectivity index (χ2n) is 8.10. The average molecular weight is 459 g/mol. The predicted molar refractivity (Wildman–Crippen MR) is 131 cm³/mol. The summed E-state index contributed by atoms with van der Waals surface area (Å²) >= 11 is 0. The summed E-state index contributed by atoms with van der Waals surface area (Å²) in [5.41, 5.74) is 2.06. The number of nitrogens with one attached hydrogen (secondary N) is 2. The van der Waals surface area contributed by atoms with Gasteiger partial charge in [0, 0.05) is 49.5 Å². The second-order valence-corrected chi connectivity index (χ2v) is 8.10. The minimum Gasteiger partial charge on any atom is -0.492 e. The minimum absolute atomic E-state index is 0.206. The van der Waals surface area contributed by atoms with Gasteiger partial charge in [0.25, 0.3) is 5.56 Å². The maximum atomic E-state index is 12.6. The van der Waals surface area contributed by atoms with Crippen LogP contribution in [-0.2, 0) is 4.74 Å². The molecule has 5 rings (SSSR count). The Kier molecular flexibility index (Phi) is 6.46. The molecule has 1 aliphatic heterocycles. The summed E-state index contributed by atoms with van der Waals surface area (Å²) in [5, 5.41) is 4.56. The highest BCUT2D eigenvalue weighted by Crippen LogP contribution is 2.28. The Hall–Kier alpha value is -3.82. The summed E-state index contributed by atoms with van der Waals surface area (Å²) in [5.74, 6) is 1.95. The first kappa shape index (κ1) is 22.0. The van der Waals surface area contributed by atoms with Crippen LogP contribution in [0.25, 0.3) is 22.0 Å². The van der Waals surface area contributed by atoms with Gasteiger partial charge in [0.1, 0.15) is 24.0 Å². The van der Waals surface area contributed by atoms with E-state index in [0.29, 0.717) is 29.3 Å². The van der Waals surface area contributed by atoms with Crippen molar-refractivity contribution in [1.82, 2.24) is 24.8 Å². The molecule has 174 valence electrons. The van der Waals surface area contributed by atoms with E-state index in [9.17, 15) is 4.79 Å². The lowest BCUT2D eigenvalue weighted by Crippen LogP contribution is -2.38. The van der Waals surface area contributed by atoms with E-state index in [1.165, 1.54) is 0 Å². The number of rotatable bonds is 7. The van der Waals surface area contributed by atoms with E-state index in [-0.39, 0.29) is 5.56 Å². The highest BCUT2D eigenvalue weighted by molar-refractivity contribution is 5.95. The molecule has 9 nitrogen and oxygen atoms in total. The van der Waals surface area contributed by atoms with Crippen molar-refractivity contribution < 1.29 is 9.47 Å². The molecule has 0 spiro atoms. The zero-order chi connectivity index (χ0) is 23.3. The number of fused-ring (bicyclic) bond motifs is 1. The molecule has 1 fully saturated rings. The molecule has 0 saturated carbocycles. The average Bonchev–Trinajstić information content (AvgIpc) is 2.86. The lowest BCUT2D eigenvalue weighted by molar-refractivity contribution is 0.0322. The zero-order valence-electron chi connectivity index (χ0n) is 19.0. The normalized spacial score (nSPS) is 14.3. The summed E-state index contributed by atoms with van der Waals surface area (Å²) in [6.07, 6.45) is 5.10. The van der Waals surface area contributed by atoms with E-state index in [4.69, 9.17) is 14.5 Å². The quantitative estimate of drug-likeness (QED) is 0.435. The van der Waals surface area contributed by atoms with Gasteiger partial charge in [0.2, 0.25) is 0 Å². The third kappa shape index (κ3) is 5.05. The van der Waals surface area contributed by atoms with Crippen LogP contribution in [-0.4, -0.2) is 64.3 Å². The number of nitrogens with zero attached hydrogens (tertiary/aromatic N) is 4. The van der Waals surface area contributed by atoms with Crippen LogP contribution in [0, 0.1) is 6.92 Å². The van der Waals surface area contributed by atoms with Crippen LogP contribution in [0.15, 0.2) is 59.8 Å². The maximum Gasteiger partial charge on any atom is 0.259 e. The van der Waals surface area contributed by atoms with Gasteiger partial charge in [-0.05, 0) is 48.7 Å². The lowest BCUT2D eigenvalue weighted by atomic mass is 10.1. The molecule has 0 atom stereocenters. The van der Waals surface area contributed by atoms with Crippen LogP contribution < -0.4 is 15.6 Å². The minimum atomic E-state index is -0.206. The molecule has 0 radical (unpaired) electrons. The predicted octanol–water partition coefficient (Wildman–Crippen LogP) is 3.14. The van der Waals surface area contributed by atoms with E-state index in [1.54, 1.807) is 18.6 Å². The van der Waals surface area contributed by atoms with Gasteiger partial charge in [-0.15, -0.1) is 0 Å². The Morgan fingerprint density at radius 3 is 2.65 bits per heavy atom. The molecule has 4 aromatic rings. The number of benzene rings is 1. The third-order valence-electron chi connectivity index (χ3n) is 5.73. The maximum absolute atomic E-state index is 12.6. The van der Waals surface area contributed by atoms with Crippen molar-refractivity contribution in [3.63, 3.8) is 0 Å². The summed E-state index contributed by atoms with van der Waals surface area (Å²) in [6.45, 7) is 6.78. The number of pyridine rings is 2. The molecule has 0 aliphatic carbocycles. The molecule has 0 unspecified atom stereocenters. The van der Waals surface area contributed by atoms with Gasteiger partial charge in [-0.1, -0.05) is 0 Å². The SMILES string of the molecule is Cc1ncc(-c2cc3cc[nH]c(=O)c3c(Nc3ccc(OCCN4CCOCC4)cc3)n2)cn1. The van der Waals surface area contributed by atoms with E-state index in [0.717, 1.165) is 55.2 Å². The summed E-state index contributed by atoms with van der Waals surface area (Å²) < 4.78 is 11.3.